The molecule has 0 radical (unpaired) electrons. The molecule has 50 heavy (non-hydrogen) atoms. The zero-order chi connectivity index (χ0) is 38.0. The molecule has 0 aliphatic carbocycles. The summed E-state index contributed by atoms with van der Waals surface area (Å²) in [4.78, 5) is 95.1. The number of carbonyl (C=O) groups is 8. The first-order valence-electron chi connectivity index (χ1n) is 17.9. The van der Waals surface area contributed by atoms with E-state index in [1.54, 1.807) is 28.5 Å². The van der Waals surface area contributed by atoms with Crippen LogP contribution in [0.4, 0.5) is 0 Å². The largest absolute Gasteiger partial charge is 0.480 e. The van der Waals surface area contributed by atoms with Gasteiger partial charge in [0, 0.05) is 51.9 Å². The third-order valence-corrected chi connectivity index (χ3v) is 8.99. The van der Waals surface area contributed by atoms with E-state index in [0.29, 0.717) is 84.2 Å². The molecule has 284 valence electrons. The minimum Gasteiger partial charge on any atom is -0.480 e. The minimum absolute atomic E-state index is 0.0238. The van der Waals surface area contributed by atoms with Crippen LogP contribution >= 0.6 is 0 Å². The van der Waals surface area contributed by atoms with Gasteiger partial charge in [-0.2, -0.15) is 0 Å². The summed E-state index contributed by atoms with van der Waals surface area (Å²) in [5.41, 5.74) is 10.3. The molecule has 16 nitrogen and oxygen atoms in total. The summed E-state index contributed by atoms with van der Waals surface area (Å²) in [6, 6.07) is -1.76. The number of amides is 6. The van der Waals surface area contributed by atoms with Crippen LogP contribution < -0.4 is 11.5 Å². The molecule has 0 aromatic heterocycles. The number of ether oxygens (including phenoxy) is 1. The number of hydrogen-bond acceptors (Lipinski definition) is 9. The van der Waals surface area contributed by atoms with Crippen LogP contribution in [0.2, 0.25) is 0 Å². The number of nitrogens with zero attached hydrogens (tertiary/aromatic N) is 4. The highest BCUT2D eigenvalue weighted by molar-refractivity contribution is 5.88. The van der Waals surface area contributed by atoms with Gasteiger partial charge in [0.1, 0.15) is 24.2 Å². The SMILES string of the molecule is CCOC(=O)[C@H](CC)N1CCCC1=O.CC[C@@H](C(=O)O)N1CCCC1=O.CC[C@@H](C(N)=O)N1CCCC1=O.CC[C@H](C(N)=O)N1CCCC1=O. The summed E-state index contributed by atoms with van der Waals surface area (Å²) in [6.45, 7) is 12.2. The quantitative estimate of drug-likeness (QED) is 0.231. The number of likely N-dealkylation sites (tertiary alicyclic amines) is 4. The van der Waals surface area contributed by atoms with Crippen molar-refractivity contribution in [3.8, 4) is 0 Å². The second kappa shape index (κ2) is 22.5. The molecule has 0 bridgehead atoms. The van der Waals surface area contributed by atoms with E-state index in [4.69, 9.17) is 21.3 Å². The molecule has 4 aliphatic heterocycles. The molecule has 16 heteroatoms. The van der Waals surface area contributed by atoms with E-state index in [-0.39, 0.29) is 47.7 Å². The Morgan fingerprint density at radius 1 is 0.560 bits per heavy atom. The van der Waals surface area contributed by atoms with E-state index in [0.717, 1.165) is 25.7 Å². The number of carbonyl (C=O) groups excluding carboxylic acids is 7. The monoisotopic (exact) mass is 710 g/mol. The summed E-state index contributed by atoms with van der Waals surface area (Å²) < 4.78 is 4.92. The molecule has 4 rings (SSSR count). The molecule has 4 heterocycles. The van der Waals surface area contributed by atoms with Crippen molar-refractivity contribution in [1.29, 1.82) is 0 Å². The fourth-order valence-electron chi connectivity index (χ4n) is 6.43. The van der Waals surface area contributed by atoms with Crippen LogP contribution in [0.15, 0.2) is 0 Å². The van der Waals surface area contributed by atoms with Crippen LogP contribution in [0.5, 0.6) is 0 Å². The lowest BCUT2D eigenvalue weighted by molar-refractivity contribution is -0.153. The maximum atomic E-state index is 11.5. The number of hydrogen-bond donors (Lipinski definition) is 3. The fourth-order valence-corrected chi connectivity index (χ4v) is 6.43. The number of esters is 1. The van der Waals surface area contributed by atoms with Gasteiger partial charge < -0.3 is 40.9 Å². The van der Waals surface area contributed by atoms with E-state index >= 15 is 0 Å². The van der Waals surface area contributed by atoms with Gasteiger partial charge >= 0.3 is 11.9 Å². The summed E-state index contributed by atoms with van der Waals surface area (Å²) in [5.74, 6) is -1.80. The summed E-state index contributed by atoms with van der Waals surface area (Å²) in [5, 5.41) is 8.76. The predicted molar refractivity (Wildman–Crippen MR) is 183 cm³/mol. The smallest absolute Gasteiger partial charge is 0.328 e. The molecular weight excluding hydrogens is 652 g/mol. The Hall–Kier alpha value is -4.24. The van der Waals surface area contributed by atoms with Crippen LogP contribution in [-0.2, 0) is 43.1 Å². The second-order valence-electron chi connectivity index (χ2n) is 12.4. The highest BCUT2D eigenvalue weighted by Crippen LogP contribution is 2.18. The Kier molecular flexibility index (Phi) is 19.7. The number of carboxylic acids is 1. The van der Waals surface area contributed by atoms with Gasteiger partial charge in [-0.25, -0.2) is 9.59 Å². The first-order chi connectivity index (χ1) is 23.7. The van der Waals surface area contributed by atoms with Gasteiger partial charge in [0.25, 0.3) is 0 Å². The lowest BCUT2D eigenvalue weighted by Crippen LogP contribution is -2.44. The Morgan fingerprint density at radius 2 is 0.840 bits per heavy atom. The molecule has 4 atom stereocenters. The van der Waals surface area contributed by atoms with Crippen molar-refractivity contribution in [1.82, 2.24) is 19.6 Å². The normalized spacial score (nSPS) is 19.4. The van der Waals surface area contributed by atoms with Crippen molar-refractivity contribution < 1.29 is 48.2 Å². The lowest BCUT2D eigenvalue weighted by atomic mass is 10.2. The molecular formula is C34H58N6O10. The first-order valence-corrected chi connectivity index (χ1v) is 17.9. The van der Waals surface area contributed by atoms with E-state index in [1.165, 1.54) is 4.90 Å². The summed E-state index contributed by atoms with van der Waals surface area (Å²) in [7, 11) is 0. The van der Waals surface area contributed by atoms with Crippen molar-refractivity contribution >= 4 is 47.4 Å². The van der Waals surface area contributed by atoms with E-state index in [2.05, 4.69) is 0 Å². The van der Waals surface area contributed by atoms with Crippen LogP contribution in [0.25, 0.3) is 0 Å². The van der Waals surface area contributed by atoms with E-state index in [9.17, 15) is 38.4 Å². The van der Waals surface area contributed by atoms with Gasteiger partial charge in [0.2, 0.25) is 35.4 Å². The molecule has 0 spiro atoms. The van der Waals surface area contributed by atoms with Gasteiger partial charge in [-0.15, -0.1) is 0 Å². The molecule has 6 amide bonds. The third kappa shape index (κ3) is 12.9. The highest BCUT2D eigenvalue weighted by Gasteiger charge is 2.33. The van der Waals surface area contributed by atoms with Crippen molar-refractivity contribution in [3.63, 3.8) is 0 Å². The van der Waals surface area contributed by atoms with Gasteiger partial charge in [0.05, 0.1) is 6.61 Å². The minimum atomic E-state index is -0.896. The maximum absolute atomic E-state index is 11.5. The van der Waals surface area contributed by atoms with E-state index in [1.807, 2.05) is 20.8 Å². The summed E-state index contributed by atoms with van der Waals surface area (Å²) in [6.07, 6.45) is 7.88. The zero-order valence-electron chi connectivity index (χ0n) is 30.4. The van der Waals surface area contributed by atoms with Crippen molar-refractivity contribution in [2.75, 3.05) is 32.8 Å². The summed E-state index contributed by atoms with van der Waals surface area (Å²) >= 11 is 0. The van der Waals surface area contributed by atoms with Crippen LogP contribution in [0.3, 0.4) is 0 Å². The first kappa shape index (κ1) is 43.8. The Balaban J connectivity index is 0.000000334. The number of carboxylic acid groups (broad SMARTS) is 1. The van der Waals surface area contributed by atoms with Gasteiger partial charge in [-0.1, -0.05) is 27.7 Å². The molecule has 0 aromatic rings. The number of aliphatic carboxylic acids is 1. The van der Waals surface area contributed by atoms with Crippen LogP contribution in [-0.4, -0.2) is 129 Å². The van der Waals surface area contributed by atoms with Gasteiger partial charge in [-0.05, 0) is 58.3 Å². The molecule has 4 saturated heterocycles. The Morgan fingerprint density at radius 3 is 1.04 bits per heavy atom. The molecule has 5 N–H and O–H groups in total. The van der Waals surface area contributed by atoms with E-state index < -0.39 is 23.8 Å². The Bertz CT molecular complexity index is 1090. The molecule has 0 unspecified atom stereocenters. The number of primary amides is 2. The number of nitrogens with two attached hydrogens (primary N) is 2. The van der Waals surface area contributed by atoms with Crippen LogP contribution in [0, 0.1) is 0 Å². The lowest BCUT2D eigenvalue weighted by Gasteiger charge is -2.24. The van der Waals surface area contributed by atoms with Gasteiger partial charge in [0.15, 0.2) is 0 Å². The number of rotatable bonds is 13. The standard InChI is InChI=1S/C10H17NO3.2C8H14N2O2.C8H13NO3/c1-3-8(10(13)14-4-2)11-7-5-6-9(11)12;2*1-2-6(8(9)12)10-5-3-4-7(10)11;1-2-6(8(11)12)9-5-3-4-7(9)10/h8H,3-7H2,1-2H3;2*6H,2-5H2,1H3,(H2,9,12);6H,2-5H2,1H3,(H,11,12)/t8-;3*6-/m0100/s1. The highest BCUT2D eigenvalue weighted by atomic mass is 16.5. The van der Waals surface area contributed by atoms with Crippen molar-refractivity contribution in [3.05, 3.63) is 0 Å². The Labute approximate surface area is 295 Å². The van der Waals surface area contributed by atoms with Crippen LogP contribution in [0.1, 0.15) is 112 Å². The average molecular weight is 711 g/mol. The molecule has 0 aromatic carbocycles. The topological polar surface area (TPSA) is 231 Å². The van der Waals surface area contributed by atoms with Crippen molar-refractivity contribution in [2.45, 2.75) is 136 Å². The zero-order valence-corrected chi connectivity index (χ0v) is 30.4. The van der Waals surface area contributed by atoms with Gasteiger partial charge in [-0.3, -0.25) is 28.8 Å². The maximum Gasteiger partial charge on any atom is 0.328 e. The second-order valence-corrected chi connectivity index (χ2v) is 12.4. The average Bonchev–Trinajstić information content (AvgIpc) is 3.87. The molecule has 4 fully saturated rings. The molecule has 0 saturated carbocycles. The third-order valence-electron chi connectivity index (χ3n) is 8.99. The molecule has 4 aliphatic rings. The fraction of sp³-hybridized carbons (Fsp3) is 0.765. The predicted octanol–water partition coefficient (Wildman–Crippen LogP) is 1.17. The van der Waals surface area contributed by atoms with Crippen molar-refractivity contribution in [2.24, 2.45) is 11.5 Å².